The Balaban J connectivity index is 1.16. The second-order valence-electron chi connectivity index (χ2n) is 18.2. The molecule has 0 bridgehead atoms. The SMILES string of the molecule is CC(C)[C@@H](C(=O)N(C)[C@H](CC(=O)OC(c1ccccc1)(c1ccc(C2CCCCCCC2)cc1)c1ccccc1Cl)C(=O)N(C)C)N(C)C(=O)OCC1c2ccccc2-c2ccccc21. The summed E-state index contributed by atoms with van der Waals surface area (Å²) in [6.45, 7) is 3.75. The third-order valence-electron chi connectivity index (χ3n) is 13.4. The molecule has 9 nitrogen and oxygen atoms in total. The maximum absolute atomic E-state index is 14.8. The Morgan fingerprint density at radius 3 is 1.77 bits per heavy atom. The van der Waals surface area contributed by atoms with E-state index in [1.165, 1.54) is 66.5 Å². The van der Waals surface area contributed by atoms with Gasteiger partial charge >= 0.3 is 12.1 Å². The van der Waals surface area contributed by atoms with Crippen LogP contribution in [-0.4, -0.2) is 85.5 Å². The van der Waals surface area contributed by atoms with Crippen LogP contribution in [0.1, 0.15) is 110 Å². The highest BCUT2D eigenvalue weighted by Crippen LogP contribution is 2.46. The topological polar surface area (TPSA) is 96.5 Å². The van der Waals surface area contributed by atoms with E-state index in [0.717, 1.165) is 35.1 Å². The summed E-state index contributed by atoms with van der Waals surface area (Å²) in [6, 6.07) is 39.1. The Hall–Kier alpha value is -5.93. The number of ether oxygens (including phenoxy) is 2. The van der Waals surface area contributed by atoms with Crippen LogP contribution in [0.25, 0.3) is 11.1 Å². The lowest BCUT2D eigenvalue weighted by molar-refractivity contribution is -0.159. The van der Waals surface area contributed by atoms with Crippen molar-refractivity contribution >= 4 is 35.5 Å². The molecule has 340 valence electrons. The molecule has 0 radical (unpaired) electrons. The average molecular weight is 897 g/mol. The monoisotopic (exact) mass is 895 g/mol. The second kappa shape index (κ2) is 20.9. The molecular weight excluding hydrogens is 834 g/mol. The standard InChI is InChI=1S/C55H62ClN3O6/c1-37(2)51(59(6)54(63)64-36-46-44-27-17-15-25-42(44)43-26-16-18-28-45(43)46)53(62)58(5)49(52(61)57(3)4)35-50(60)65-55(40-23-13-10-14-24-40,47-29-19-20-30-48(47)56)41-33-31-39(32-34-41)38-21-11-8-7-9-12-22-38/h10,13-20,23-34,37-38,46,49,51H,7-9,11-12,21-22,35-36H2,1-6H3/t49-,51+,55?/m1/s1. The second-order valence-corrected chi connectivity index (χ2v) is 18.6. The molecule has 0 aromatic heterocycles. The fourth-order valence-corrected chi connectivity index (χ4v) is 10.2. The van der Waals surface area contributed by atoms with Crippen LogP contribution in [0, 0.1) is 5.92 Å². The van der Waals surface area contributed by atoms with Gasteiger partial charge in [-0.3, -0.25) is 19.3 Å². The van der Waals surface area contributed by atoms with E-state index in [1.54, 1.807) is 20.2 Å². The predicted molar refractivity (Wildman–Crippen MR) is 257 cm³/mol. The molecule has 1 unspecified atom stereocenters. The zero-order valence-electron chi connectivity index (χ0n) is 38.5. The highest BCUT2D eigenvalue weighted by molar-refractivity contribution is 6.31. The molecule has 3 atom stereocenters. The van der Waals surface area contributed by atoms with Crippen LogP contribution < -0.4 is 0 Å². The van der Waals surface area contributed by atoms with Crippen LogP contribution in [0.4, 0.5) is 4.79 Å². The number of rotatable bonds is 14. The molecule has 0 N–H and O–H groups in total. The molecule has 7 rings (SSSR count). The van der Waals surface area contributed by atoms with Gasteiger partial charge in [0.25, 0.3) is 0 Å². The van der Waals surface area contributed by atoms with Crippen LogP contribution in [0.3, 0.4) is 0 Å². The first-order valence-electron chi connectivity index (χ1n) is 23.0. The highest BCUT2D eigenvalue weighted by Gasteiger charge is 2.45. The normalized spacial score (nSPS) is 15.9. The van der Waals surface area contributed by atoms with Gasteiger partial charge in [-0.2, -0.15) is 0 Å². The number of benzene rings is 5. The van der Waals surface area contributed by atoms with E-state index in [-0.39, 0.29) is 18.4 Å². The summed E-state index contributed by atoms with van der Waals surface area (Å²) in [5.74, 6) is -1.81. The molecule has 65 heavy (non-hydrogen) atoms. The summed E-state index contributed by atoms with van der Waals surface area (Å²) < 4.78 is 12.8. The van der Waals surface area contributed by atoms with Gasteiger partial charge in [0.15, 0.2) is 5.60 Å². The summed E-state index contributed by atoms with van der Waals surface area (Å²) in [4.78, 5) is 61.5. The summed E-state index contributed by atoms with van der Waals surface area (Å²) in [6.07, 6.45) is 7.31. The van der Waals surface area contributed by atoms with Gasteiger partial charge in [-0.15, -0.1) is 0 Å². The van der Waals surface area contributed by atoms with E-state index in [9.17, 15) is 19.2 Å². The van der Waals surface area contributed by atoms with Gasteiger partial charge in [0, 0.05) is 55.8 Å². The highest BCUT2D eigenvalue weighted by atomic mass is 35.5. The minimum atomic E-state index is -1.52. The lowest BCUT2D eigenvalue weighted by atomic mass is 9.78. The van der Waals surface area contributed by atoms with E-state index in [4.69, 9.17) is 21.1 Å². The zero-order valence-corrected chi connectivity index (χ0v) is 39.3. The molecule has 1 saturated carbocycles. The first-order chi connectivity index (χ1) is 31.3. The molecule has 1 fully saturated rings. The number of carbonyl (C=O) groups is 4. The molecule has 0 aliphatic heterocycles. The van der Waals surface area contributed by atoms with Crippen molar-refractivity contribution in [1.29, 1.82) is 0 Å². The minimum absolute atomic E-state index is 0.0809. The lowest BCUT2D eigenvalue weighted by Crippen LogP contribution is -2.56. The molecular formula is C55H62ClN3O6. The van der Waals surface area contributed by atoms with Crippen molar-refractivity contribution < 1.29 is 28.7 Å². The van der Waals surface area contributed by atoms with E-state index in [2.05, 4.69) is 24.3 Å². The van der Waals surface area contributed by atoms with E-state index >= 15 is 0 Å². The third kappa shape index (κ3) is 10.0. The molecule has 0 heterocycles. The van der Waals surface area contributed by atoms with Gasteiger partial charge in [0.2, 0.25) is 11.8 Å². The maximum atomic E-state index is 14.8. The number of fused-ring (bicyclic) bond motifs is 3. The van der Waals surface area contributed by atoms with Gasteiger partial charge in [-0.1, -0.05) is 179 Å². The Morgan fingerprint density at radius 2 is 1.18 bits per heavy atom. The average Bonchev–Trinajstić information content (AvgIpc) is 3.62. The molecule has 3 amide bonds. The summed E-state index contributed by atoms with van der Waals surface area (Å²) in [7, 11) is 6.19. The van der Waals surface area contributed by atoms with Crippen molar-refractivity contribution in [2.45, 2.75) is 94.7 Å². The van der Waals surface area contributed by atoms with Crippen molar-refractivity contribution in [3.8, 4) is 11.1 Å². The number of esters is 1. The van der Waals surface area contributed by atoms with Crippen LogP contribution in [0.2, 0.25) is 5.02 Å². The van der Waals surface area contributed by atoms with Crippen LogP contribution in [-0.2, 0) is 29.5 Å². The van der Waals surface area contributed by atoms with Gasteiger partial charge in [0.1, 0.15) is 18.7 Å². The number of halogens is 1. The van der Waals surface area contributed by atoms with E-state index in [0.29, 0.717) is 27.6 Å². The van der Waals surface area contributed by atoms with Gasteiger partial charge in [0.05, 0.1) is 6.42 Å². The Kier molecular flexibility index (Phi) is 15.1. The fourth-order valence-electron chi connectivity index (χ4n) is 9.98. The van der Waals surface area contributed by atoms with Gasteiger partial charge < -0.3 is 19.3 Å². The fraction of sp³-hybridized carbons (Fsp3) is 0.382. The lowest BCUT2D eigenvalue weighted by Gasteiger charge is -2.38. The zero-order chi connectivity index (χ0) is 46.3. The summed E-state index contributed by atoms with van der Waals surface area (Å²) >= 11 is 7.04. The van der Waals surface area contributed by atoms with E-state index in [1.807, 2.05) is 111 Å². The third-order valence-corrected chi connectivity index (χ3v) is 13.8. The quantitative estimate of drug-likeness (QED) is 0.0814. The summed E-state index contributed by atoms with van der Waals surface area (Å²) in [5.41, 5.74) is 6.03. The molecule has 0 spiro atoms. The van der Waals surface area contributed by atoms with Gasteiger partial charge in [-0.05, 0) is 58.6 Å². The van der Waals surface area contributed by atoms with Crippen molar-refractivity contribution in [1.82, 2.24) is 14.7 Å². The number of amides is 3. The van der Waals surface area contributed by atoms with Crippen molar-refractivity contribution in [3.05, 3.63) is 166 Å². The molecule has 10 heteroatoms. The van der Waals surface area contributed by atoms with Gasteiger partial charge in [-0.25, -0.2) is 4.79 Å². The smallest absolute Gasteiger partial charge is 0.410 e. The minimum Gasteiger partial charge on any atom is -0.448 e. The van der Waals surface area contributed by atoms with Crippen LogP contribution >= 0.6 is 11.6 Å². The van der Waals surface area contributed by atoms with E-state index < -0.39 is 48.0 Å². The number of hydrogen-bond acceptors (Lipinski definition) is 6. The predicted octanol–water partition coefficient (Wildman–Crippen LogP) is 11.2. The Labute approximate surface area is 389 Å². The van der Waals surface area contributed by atoms with Crippen molar-refractivity contribution in [3.63, 3.8) is 0 Å². The molecule has 5 aromatic carbocycles. The largest absolute Gasteiger partial charge is 0.448 e. The molecule has 5 aromatic rings. The number of hydrogen-bond donors (Lipinski definition) is 0. The number of likely N-dealkylation sites (N-methyl/N-ethyl adjacent to an activating group) is 3. The Morgan fingerprint density at radius 1 is 0.646 bits per heavy atom. The van der Waals surface area contributed by atoms with Crippen molar-refractivity contribution in [2.75, 3.05) is 34.8 Å². The maximum Gasteiger partial charge on any atom is 0.410 e. The van der Waals surface area contributed by atoms with Crippen LogP contribution in [0.15, 0.2) is 127 Å². The number of carbonyl (C=O) groups excluding carboxylic acids is 4. The van der Waals surface area contributed by atoms with Crippen LogP contribution in [0.5, 0.6) is 0 Å². The first-order valence-corrected chi connectivity index (χ1v) is 23.4. The molecule has 2 aliphatic carbocycles. The molecule has 2 aliphatic rings. The first kappa shape index (κ1) is 47.0. The summed E-state index contributed by atoms with van der Waals surface area (Å²) in [5, 5.41) is 0.400. The van der Waals surface area contributed by atoms with Crippen molar-refractivity contribution in [2.24, 2.45) is 5.92 Å². The Bertz CT molecular complexity index is 2400. The molecule has 0 saturated heterocycles. The number of nitrogens with zero attached hydrogens (tertiary/aromatic N) is 3.